The number of hydrogen-bond donors (Lipinski definition) is 2. The van der Waals surface area contributed by atoms with E-state index in [9.17, 15) is 4.79 Å². The molecule has 118 valence electrons. The molecule has 2 rings (SSSR count). The summed E-state index contributed by atoms with van der Waals surface area (Å²) in [6.45, 7) is 5.02. The average molecular weight is 304 g/mol. The van der Waals surface area contributed by atoms with E-state index in [0.717, 1.165) is 11.4 Å². The van der Waals surface area contributed by atoms with E-state index in [1.807, 2.05) is 26.0 Å². The van der Waals surface area contributed by atoms with E-state index in [1.54, 1.807) is 4.68 Å². The Hall–Kier alpha value is -2.48. The number of methoxy groups -OCH3 is 1. The van der Waals surface area contributed by atoms with Gasteiger partial charge in [-0.15, -0.1) is 0 Å². The van der Waals surface area contributed by atoms with Crippen LogP contribution in [-0.2, 0) is 9.53 Å². The van der Waals surface area contributed by atoms with Crippen molar-refractivity contribution in [3.8, 4) is 5.82 Å². The van der Waals surface area contributed by atoms with Crippen molar-refractivity contribution in [1.29, 1.82) is 0 Å². The van der Waals surface area contributed by atoms with Crippen molar-refractivity contribution < 1.29 is 9.53 Å². The van der Waals surface area contributed by atoms with Gasteiger partial charge in [0.1, 0.15) is 18.8 Å². The molecule has 2 N–H and O–H groups in total. The Morgan fingerprint density at radius 1 is 1.27 bits per heavy atom. The number of carbonyl (C=O) groups is 1. The van der Waals surface area contributed by atoms with Gasteiger partial charge in [-0.05, 0) is 19.9 Å². The molecule has 0 unspecified atom stereocenters. The molecule has 0 radical (unpaired) electrons. The van der Waals surface area contributed by atoms with Gasteiger partial charge in [0.15, 0.2) is 5.82 Å². The first kappa shape index (κ1) is 15.9. The zero-order valence-corrected chi connectivity index (χ0v) is 13.0. The van der Waals surface area contributed by atoms with E-state index in [2.05, 4.69) is 25.7 Å². The van der Waals surface area contributed by atoms with Gasteiger partial charge >= 0.3 is 0 Å². The first-order valence-corrected chi connectivity index (χ1v) is 6.95. The lowest BCUT2D eigenvalue weighted by Gasteiger charge is -2.08. The number of aryl methyl sites for hydroxylation is 2. The number of amides is 1. The maximum Gasteiger partial charge on any atom is 0.246 e. The van der Waals surface area contributed by atoms with Crippen molar-refractivity contribution in [1.82, 2.24) is 25.1 Å². The number of aromatic nitrogens is 4. The second-order valence-electron chi connectivity index (χ2n) is 4.81. The van der Waals surface area contributed by atoms with Gasteiger partial charge in [-0.2, -0.15) is 5.10 Å². The molecule has 0 fully saturated rings. The van der Waals surface area contributed by atoms with E-state index >= 15 is 0 Å². The first-order valence-electron chi connectivity index (χ1n) is 6.95. The number of ether oxygens (including phenoxy) is 1. The van der Waals surface area contributed by atoms with Gasteiger partial charge in [0.2, 0.25) is 5.91 Å². The minimum Gasteiger partial charge on any atom is -0.375 e. The van der Waals surface area contributed by atoms with E-state index in [4.69, 9.17) is 4.74 Å². The summed E-state index contributed by atoms with van der Waals surface area (Å²) in [5, 5.41) is 10.2. The number of anilines is 1. The molecular formula is C14H20N6O2. The fourth-order valence-corrected chi connectivity index (χ4v) is 1.99. The van der Waals surface area contributed by atoms with E-state index in [0.29, 0.717) is 24.7 Å². The molecule has 1 amide bonds. The van der Waals surface area contributed by atoms with E-state index in [1.165, 1.54) is 13.4 Å². The van der Waals surface area contributed by atoms with Crippen LogP contribution >= 0.6 is 0 Å². The van der Waals surface area contributed by atoms with Crippen LogP contribution in [0.2, 0.25) is 0 Å². The Morgan fingerprint density at radius 2 is 2.09 bits per heavy atom. The van der Waals surface area contributed by atoms with Gasteiger partial charge < -0.3 is 15.4 Å². The summed E-state index contributed by atoms with van der Waals surface area (Å²) in [7, 11) is 1.49. The first-order chi connectivity index (χ1) is 10.6. The zero-order chi connectivity index (χ0) is 15.9. The zero-order valence-electron chi connectivity index (χ0n) is 13.0. The number of nitrogens with zero attached hydrogens (tertiary/aromatic N) is 4. The molecule has 8 nitrogen and oxygen atoms in total. The highest BCUT2D eigenvalue weighted by molar-refractivity contribution is 5.77. The Morgan fingerprint density at radius 3 is 2.77 bits per heavy atom. The number of rotatable bonds is 7. The molecule has 2 heterocycles. The molecule has 2 aromatic rings. The van der Waals surface area contributed by atoms with Crippen LogP contribution in [0.1, 0.15) is 11.4 Å². The van der Waals surface area contributed by atoms with Gasteiger partial charge in [-0.25, -0.2) is 14.6 Å². The molecule has 0 aliphatic rings. The molecule has 0 spiro atoms. The van der Waals surface area contributed by atoms with Crippen LogP contribution < -0.4 is 10.6 Å². The van der Waals surface area contributed by atoms with Crippen LogP contribution in [0, 0.1) is 13.8 Å². The van der Waals surface area contributed by atoms with Crippen molar-refractivity contribution in [2.75, 3.05) is 32.1 Å². The minimum atomic E-state index is -0.143. The molecule has 0 aliphatic heterocycles. The highest BCUT2D eigenvalue weighted by Gasteiger charge is 2.06. The van der Waals surface area contributed by atoms with Crippen LogP contribution in [0.5, 0.6) is 0 Å². The maximum atomic E-state index is 11.2. The molecule has 0 atom stereocenters. The predicted octanol–water partition coefficient (Wildman–Crippen LogP) is 0.454. The van der Waals surface area contributed by atoms with Crippen LogP contribution in [0.4, 0.5) is 5.82 Å². The smallest absolute Gasteiger partial charge is 0.246 e. The summed E-state index contributed by atoms with van der Waals surface area (Å²) < 4.78 is 6.50. The lowest BCUT2D eigenvalue weighted by atomic mass is 10.4. The highest BCUT2D eigenvalue weighted by Crippen LogP contribution is 2.11. The van der Waals surface area contributed by atoms with Crippen molar-refractivity contribution in [3.63, 3.8) is 0 Å². The topological polar surface area (TPSA) is 94.0 Å². The molecule has 0 saturated heterocycles. The molecule has 0 aromatic carbocycles. The van der Waals surface area contributed by atoms with Gasteiger partial charge in [-0.3, -0.25) is 4.79 Å². The van der Waals surface area contributed by atoms with Crippen LogP contribution in [-0.4, -0.2) is 52.5 Å². The molecule has 0 saturated carbocycles. The Kier molecular flexibility index (Phi) is 5.42. The van der Waals surface area contributed by atoms with Gasteiger partial charge in [0.25, 0.3) is 0 Å². The summed E-state index contributed by atoms with van der Waals surface area (Å²) >= 11 is 0. The molecule has 2 aromatic heterocycles. The van der Waals surface area contributed by atoms with Crippen LogP contribution in [0.3, 0.4) is 0 Å². The molecule has 22 heavy (non-hydrogen) atoms. The normalized spacial score (nSPS) is 10.5. The Labute approximate surface area is 128 Å². The largest absolute Gasteiger partial charge is 0.375 e. The number of nitrogens with one attached hydrogen (secondary N) is 2. The fraction of sp³-hybridized carbons (Fsp3) is 0.429. The maximum absolute atomic E-state index is 11.2. The fourth-order valence-electron chi connectivity index (χ4n) is 1.99. The summed E-state index contributed by atoms with van der Waals surface area (Å²) in [5.41, 5.74) is 1.94. The van der Waals surface area contributed by atoms with Crippen LogP contribution in [0.25, 0.3) is 5.82 Å². The summed E-state index contributed by atoms with van der Waals surface area (Å²) in [4.78, 5) is 19.6. The molecular weight excluding hydrogens is 284 g/mol. The van der Waals surface area contributed by atoms with Gasteiger partial charge in [-0.1, -0.05) is 0 Å². The lowest BCUT2D eigenvalue weighted by Crippen LogP contribution is -2.31. The Balaban J connectivity index is 1.92. The molecule has 0 aliphatic carbocycles. The number of hydrogen-bond acceptors (Lipinski definition) is 6. The third-order valence-corrected chi connectivity index (χ3v) is 2.91. The summed E-state index contributed by atoms with van der Waals surface area (Å²) in [6.07, 6.45) is 1.48. The van der Waals surface area contributed by atoms with Crippen molar-refractivity contribution in [3.05, 3.63) is 29.8 Å². The quantitative estimate of drug-likeness (QED) is 0.722. The lowest BCUT2D eigenvalue weighted by molar-refractivity contribution is -0.124. The van der Waals surface area contributed by atoms with Crippen LogP contribution in [0.15, 0.2) is 18.5 Å². The third-order valence-electron chi connectivity index (χ3n) is 2.91. The third kappa shape index (κ3) is 4.26. The van der Waals surface area contributed by atoms with Gasteiger partial charge in [0, 0.05) is 32.0 Å². The minimum absolute atomic E-state index is 0.0651. The van der Waals surface area contributed by atoms with Crippen molar-refractivity contribution >= 4 is 11.7 Å². The standard InChI is InChI=1S/C14H20N6O2/c1-10-6-11(2)20(19-10)13-7-12(17-9-18-13)15-4-5-16-14(21)8-22-3/h6-7,9H,4-5,8H2,1-3H3,(H,16,21)(H,15,17,18). The second kappa shape index (κ2) is 7.51. The summed E-state index contributed by atoms with van der Waals surface area (Å²) in [5.74, 6) is 1.24. The van der Waals surface area contributed by atoms with Crippen molar-refractivity contribution in [2.45, 2.75) is 13.8 Å². The van der Waals surface area contributed by atoms with E-state index in [-0.39, 0.29) is 12.5 Å². The highest BCUT2D eigenvalue weighted by atomic mass is 16.5. The van der Waals surface area contributed by atoms with Gasteiger partial charge in [0.05, 0.1) is 5.69 Å². The number of carbonyl (C=O) groups excluding carboxylic acids is 1. The van der Waals surface area contributed by atoms with E-state index < -0.39 is 0 Å². The average Bonchev–Trinajstić information content (AvgIpc) is 2.83. The SMILES string of the molecule is COCC(=O)NCCNc1cc(-n2nc(C)cc2C)ncn1. The Bertz CT molecular complexity index is 640. The van der Waals surface area contributed by atoms with Crippen molar-refractivity contribution in [2.24, 2.45) is 0 Å². The monoisotopic (exact) mass is 304 g/mol. The molecule has 8 heteroatoms. The second-order valence-corrected chi connectivity index (χ2v) is 4.81. The predicted molar refractivity (Wildman–Crippen MR) is 82.0 cm³/mol. The summed E-state index contributed by atoms with van der Waals surface area (Å²) in [6, 6.07) is 3.80. The molecule has 0 bridgehead atoms.